The van der Waals surface area contributed by atoms with Crippen molar-refractivity contribution in [2.75, 3.05) is 6.54 Å². The van der Waals surface area contributed by atoms with Crippen LogP contribution in [0.25, 0.3) is 5.03 Å². The molecule has 0 aliphatic heterocycles. The number of carbonyl (C=O) groups excluding carboxylic acids is 1. The Labute approximate surface area is 150 Å². The summed E-state index contributed by atoms with van der Waals surface area (Å²) in [7, 11) is 0. The van der Waals surface area contributed by atoms with Gasteiger partial charge >= 0.3 is 5.97 Å². The van der Waals surface area contributed by atoms with E-state index in [9.17, 15) is 9.59 Å². The van der Waals surface area contributed by atoms with Gasteiger partial charge in [0.05, 0.1) is 5.03 Å². The van der Waals surface area contributed by atoms with Gasteiger partial charge in [0.1, 0.15) is 6.54 Å². The average Bonchev–Trinajstić information content (AvgIpc) is 2.52. The van der Waals surface area contributed by atoms with E-state index in [2.05, 4.69) is 34.2 Å². The fourth-order valence-corrected chi connectivity index (χ4v) is 3.62. The summed E-state index contributed by atoms with van der Waals surface area (Å²) in [5, 5.41) is 11.2. The van der Waals surface area contributed by atoms with E-state index in [1.807, 2.05) is 13.8 Å². The van der Waals surface area contributed by atoms with E-state index >= 15 is 0 Å². The van der Waals surface area contributed by atoms with E-state index < -0.39 is 18.4 Å². The third-order valence-corrected chi connectivity index (χ3v) is 4.83. The minimum Gasteiger partial charge on any atom is -0.480 e. The van der Waals surface area contributed by atoms with Crippen molar-refractivity contribution in [3.8, 4) is 0 Å². The van der Waals surface area contributed by atoms with Crippen molar-refractivity contribution in [3.05, 3.63) is 38.9 Å². The molecule has 0 aromatic heterocycles. The monoisotopic (exact) mass is 401 g/mol. The van der Waals surface area contributed by atoms with Crippen molar-refractivity contribution in [2.24, 2.45) is 0 Å². The molecule has 0 aliphatic rings. The largest absolute Gasteiger partial charge is 0.480 e. The molecular weight excluding hydrogens is 382 g/mol. The lowest BCUT2D eigenvalue weighted by Crippen LogP contribution is -2.27. The number of carboxylic acids is 1. The van der Waals surface area contributed by atoms with Crippen LogP contribution in [0.5, 0.6) is 0 Å². The number of benzene rings is 1. The molecule has 0 bridgehead atoms. The second kappa shape index (κ2) is 9.08. The van der Waals surface area contributed by atoms with E-state index in [4.69, 9.17) is 16.7 Å². The fraction of sp³-hybridized carbons (Fsp3) is 0.412. The van der Waals surface area contributed by atoms with Gasteiger partial charge in [0, 0.05) is 16.1 Å². The molecule has 0 atom stereocenters. The van der Waals surface area contributed by atoms with Crippen molar-refractivity contribution in [1.82, 2.24) is 5.32 Å². The van der Waals surface area contributed by atoms with Gasteiger partial charge < -0.3 is 10.4 Å². The Morgan fingerprint density at radius 1 is 1.22 bits per heavy atom. The number of halogens is 2. The lowest BCUT2D eigenvalue weighted by atomic mass is 9.93. The zero-order valence-corrected chi connectivity index (χ0v) is 15.8. The summed E-state index contributed by atoms with van der Waals surface area (Å²) in [6, 6.07) is 2.10. The molecule has 126 valence electrons. The molecule has 0 radical (unpaired) electrons. The summed E-state index contributed by atoms with van der Waals surface area (Å²) in [4.78, 5) is 22.3. The molecule has 2 N–H and O–H groups in total. The van der Waals surface area contributed by atoms with Gasteiger partial charge in [0.2, 0.25) is 5.91 Å². The first-order chi connectivity index (χ1) is 10.8. The van der Waals surface area contributed by atoms with Crippen LogP contribution in [-0.2, 0) is 28.9 Å². The highest BCUT2D eigenvalue weighted by atomic mass is 79.9. The van der Waals surface area contributed by atoms with Crippen LogP contribution >= 0.6 is 27.5 Å². The highest BCUT2D eigenvalue weighted by molar-refractivity contribution is 9.10. The summed E-state index contributed by atoms with van der Waals surface area (Å²) in [5.41, 5.74) is 4.20. The van der Waals surface area contributed by atoms with Crippen molar-refractivity contribution in [1.29, 1.82) is 0 Å². The van der Waals surface area contributed by atoms with E-state index in [0.717, 1.165) is 40.4 Å². The van der Waals surface area contributed by atoms with E-state index in [1.165, 1.54) is 11.6 Å². The molecular formula is C17H21BrClNO3. The average molecular weight is 403 g/mol. The van der Waals surface area contributed by atoms with Gasteiger partial charge in [-0.1, -0.05) is 54.4 Å². The first-order valence-corrected chi connectivity index (χ1v) is 8.72. The normalized spacial score (nSPS) is 11.4. The Hall–Kier alpha value is -1.33. The summed E-state index contributed by atoms with van der Waals surface area (Å²) in [6.45, 7) is 5.74. The summed E-state index contributed by atoms with van der Waals surface area (Å²) < 4.78 is 1.02. The third kappa shape index (κ3) is 5.08. The quantitative estimate of drug-likeness (QED) is 0.679. The second-order valence-corrected chi connectivity index (χ2v) is 6.23. The molecule has 0 aliphatic carbocycles. The molecule has 6 heteroatoms. The van der Waals surface area contributed by atoms with Crippen molar-refractivity contribution in [3.63, 3.8) is 0 Å². The fourth-order valence-electron chi connectivity index (χ4n) is 2.41. The van der Waals surface area contributed by atoms with Crippen LogP contribution < -0.4 is 5.32 Å². The number of carbonyl (C=O) groups is 2. The van der Waals surface area contributed by atoms with Gasteiger partial charge in [-0.2, -0.15) is 0 Å². The van der Waals surface area contributed by atoms with Crippen LogP contribution in [0.1, 0.15) is 43.0 Å². The Morgan fingerprint density at radius 2 is 1.83 bits per heavy atom. The Balaban J connectivity index is 3.31. The van der Waals surface area contributed by atoms with Crippen molar-refractivity contribution >= 4 is 44.4 Å². The van der Waals surface area contributed by atoms with Gasteiger partial charge in [0.15, 0.2) is 0 Å². The molecule has 23 heavy (non-hydrogen) atoms. The highest BCUT2D eigenvalue weighted by Gasteiger charge is 2.17. The lowest BCUT2D eigenvalue weighted by Gasteiger charge is -2.18. The van der Waals surface area contributed by atoms with Gasteiger partial charge in [0.25, 0.3) is 0 Å². The summed E-state index contributed by atoms with van der Waals surface area (Å²) >= 11 is 10.0. The maximum atomic E-state index is 11.8. The first kappa shape index (κ1) is 19.7. The summed E-state index contributed by atoms with van der Waals surface area (Å²) in [6.07, 6.45) is 3.72. The molecule has 1 aromatic rings. The Kier molecular flexibility index (Phi) is 7.79. The van der Waals surface area contributed by atoms with E-state index in [-0.39, 0.29) is 0 Å². The number of hydrogen-bond donors (Lipinski definition) is 2. The van der Waals surface area contributed by atoms with Gasteiger partial charge in [-0.25, -0.2) is 0 Å². The zero-order valence-electron chi connectivity index (χ0n) is 13.5. The number of aryl methyl sites for hydroxylation is 2. The topological polar surface area (TPSA) is 66.4 Å². The third-order valence-electron chi connectivity index (χ3n) is 3.54. The SMILES string of the molecule is CCc1cc(CC)c(/C(Cl)=C/C(=O)NCC(=O)O)c(CC)c1Br. The minimum absolute atomic E-state index is 0.324. The molecule has 0 spiro atoms. The Bertz CT molecular complexity index is 641. The molecule has 0 unspecified atom stereocenters. The number of aliphatic carboxylic acids is 1. The predicted octanol–water partition coefficient (Wildman–Crippen LogP) is 3.92. The van der Waals surface area contributed by atoms with Crippen LogP contribution in [-0.4, -0.2) is 23.5 Å². The molecule has 0 heterocycles. The van der Waals surface area contributed by atoms with Gasteiger partial charge in [-0.05, 0) is 36.0 Å². The van der Waals surface area contributed by atoms with Crippen LogP contribution in [0.15, 0.2) is 16.6 Å². The number of amides is 1. The molecule has 4 nitrogen and oxygen atoms in total. The lowest BCUT2D eigenvalue weighted by molar-refractivity contribution is -0.137. The molecule has 1 rings (SSSR count). The van der Waals surface area contributed by atoms with Crippen LogP contribution in [0.3, 0.4) is 0 Å². The van der Waals surface area contributed by atoms with Crippen LogP contribution in [0.4, 0.5) is 0 Å². The van der Waals surface area contributed by atoms with Crippen LogP contribution in [0.2, 0.25) is 0 Å². The van der Waals surface area contributed by atoms with Crippen LogP contribution in [0, 0.1) is 0 Å². The molecule has 0 saturated carbocycles. The van der Waals surface area contributed by atoms with Gasteiger partial charge in [-0.15, -0.1) is 0 Å². The smallest absolute Gasteiger partial charge is 0.322 e. The number of hydrogen-bond acceptors (Lipinski definition) is 2. The van der Waals surface area contributed by atoms with E-state index in [1.54, 1.807) is 0 Å². The predicted molar refractivity (Wildman–Crippen MR) is 96.8 cm³/mol. The molecule has 0 saturated heterocycles. The number of rotatable bonds is 7. The standard InChI is InChI=1S/C17H21BrClNO3/c1-4-10-7-11(5-2)17(18)12(6-3)16(10)13(19)8-14(21)20-9-15(22)23/h7-8H,4-6,9H2,1-3H3,(H,20,21)(H,22,23)/b13-8-. The minimum atomic E-state index is -1.10. The molecule has 0 fully saturated rings. The van der Waals surface area contributed by atoms with Crippen molar-refractivity contribution < 1.29 is 14.7 Å². The molecule has 1 aromatic carbocycles. The zero-order chi connectivity index (χ0) is 17.6. The van der Waals surface area contributed by atoms with Crippen molar-refractivity contribution in [2.45, 2.75) is 40.0 Å². The summed E-state index contributed by atoms with van der Waals surface area (Å²) in [5.74, 6) is -1.61. The number of carboxylic acid groups (broad SMARTS) is 1. The molecule has 1 amide bonds. The second-order valence-electron chi connectivity index (χ2n) is 5.03. The highest BCUT2D eigenvalue weighted by Crippen LogP contribution is 2.35. The number of nitrogens with one attached hydrogen (secondary N) is 1. The Morgan fingerprint density at radius 3 is 2.30 bits per heavy atom. The maximum Gasteiger partial charge on any atom is 0.322 e. The first-order valence-electron chi connectivity index (χ1n) is 7.55. The maximum absolute atomic E-state index is 11.8. The van der Waals surface area contributed by atoms with E-state index in [0.29, 0.717) is 5.03 Å². The van der Waals surface area contributed by atoms with Gasteiger partial charge in [-0.3, -0.25) is 9.59 Å².